The Morgan fingerprint density at radius 1 is 1.15 bits per heavy atom. The molecule has 3 aromatic rings. The molecule has 0 aliphatic heterocycles. The minimum Gasteiger partial charge on any atom is -0.496 e. The first-order valence-corrected chi connectivity index (χ1v) is 10.8. The van der Waals surface area contributed by atoms with E-state index in [1.165, 1.54) is 27.4 Å². The first-order chi connectivity index (χ1) is 16.4. The number of pyridine rings is 1. The molecule has 8 nitrogen and oxygen atoms in total. The lowest BCUT2D eigenvalue weighted by molar-refractivity contribution is -0.121. The van der Waals surface area contributed by atoms with Crippen molar-refractivity contribution in [2.45, 2.75) is 32.2 Å². The van der Waals surface area contributed by atoms with E-state index in [0.29, 0.717) is 22.7 Å². The highest BCUT2D eigenvalue weighted by atomic mass is 19.3. The largest absolute Gasteiger partial charge is 0.496 e. The number of hydrogen-bond donors (Lipinski definition) is 0. The van der Waals surface area contributed by atoms with Gasteiger partial charge in [0.25, 0.3) is 0 Å². The van der Waals surface area contributed by atoms with Crippen LogP contribution in [0.15, 0.2) is 36.7 Å². The quantitative estimate of drug-likeness (QED) is 0.279. The lowest BCUT2D eigenvalue weighted by Crippen LogP contribution is -2.22. The van der Waals surface area contributed by atoms with Gasteiger partial charge in [-0.2, -0.15) is 8.78 Å². The summed E-state index contributed by atoms with van der Waals surface area (Å²) in [5.74, 6) is 0.541. The molecule has 1 aliphatic carbocycles. The van der Waals surface area contributed by atoms with Crippen molar-refractivity contribution in [3.05, 3.63) is 42.2 Å². The van der Waals surface area contributed by atoms with Crippen LogP contribution in [-0.4, -0.2) is 56.0 Å². The molecule has 1 aliphatic rings. The molecular weight excluding hydrogens is 450 g/mol. The summed E-state index contributed by atoms with van der Waals surface area (Å²) in [6.45, 7) is -2.89. The van der Waals surface area contributed by atoms with Crippen molar-refractivity contribution >= 4 is 11.4 Å². The van der Waals surface area contributed by atoms with Gasteiger partial charge < -0.3 is 23.7 Å². The van der Waals surface area contributed by atoms with Gasteiger partial charge in [-0.15, -0.1) is 0 Å². The molecule has 0 unspecified atom stereocenters. The number of benzene rings is 1. The summed E-state index contributed by atoms with van der Waals surface area (Å²) < 4.78 is 54.3. The number of alkyl halides is 2. The Bertz CT molecular complexity index is 1160. The van der Waals surface area contributed by atoms with Gasteiger partial charge in [-0.05, 0) is 37.0 Å². The van der Waals surface area contributed by atoms with E-state index in [1.807, 2.05) is 0 Å². The van der Waals surface area contributed by atoms with E-state index >= 15 is 0 Å². The molecule has 34 heavy (non-hydrogen) atoms. The maximum atomic E-state index is 13.2. The molecule has 1 saturated carbocycles. The highest BCUT2D eigenvalue weighted by molar-refractivity contribution is 6.02. The molecule has 0 N–H and O–H groups in total. The van der Waals surface area contributed by atoms with Crippen LogP contribution in [0.2, 0.25) is 0 Å². The number of ketones is 1. The topological polar surface area (TPSA) is 80.5 Å². The van der Waals surface area contributed by atoms with Crippen LogP contribution < -0.4 is 14.2 Å². The molecule has 0 atom stereocenters. The second kappa shape index (κ2) is 10.4. The van der Waals surface area contributed by atoms with Gasteiger partial charge in [0.05, 0.1) is 19.0 Å². The van der Waals surface area contributed by atoms with Crippen LogP contribution in [0.4, 0.5) is 8.78 Å². The van der Waals surface area contributed by atoms with Crippen molar-refractivity contribution in [3.8, 4) is 28.5 Å². The molecule has 0 saturated heterocycles. The predicted octanol–water partition coefficient (Wildman–Crippen LogP) is 4.59. The fourth-order valence-corrected chi connectivity index (χ4v) is 3.71. The summed E-state index contributed by atoms with van der Waals surface area (Å²) in [5, 5.41) is 0. The number of carbonyl (C=O) groups excluding carboxylic acids is 1. The monoisotopic (exact) mass is 476 g/mol. The van der Waals surface area contributed by atoms with Gasteiger partial charge in [0.2, 0.25) is 0 Å². The van der Waals surface area contributed by atoms with Gasteiger partial charge in [-0.3, -0.25) is 9.20 Å². The van der Waals surface area contributed by atoms with Crippen LogP contribution in [0.5, 0.6) is 17.2 Å². The SMILES string of the molecule is COc1cc(-c2cnc3cc(OCC(OC)OC)ccn23)cc(OC(F)F)c1C(=O)CC1CC1. The van der Waals surface area contributed by atoms with Gasteiger partial charge in [0, 0.05) is 38.5 Å². The Kier molecular flexibility index (Phi) is 7.28. The number of Topliss-reactive ketones (excluding diaryl/α,β-unsaturated/α-hetero) is 1. The number of rotatable bonds is 12. The second-order valence-corrected chi connectivity index (χ2v) is 7.95. The molecule has 2 heterocycles. The maximum Gasteiger partial charge on any atom is 0.387 e. The Labute approximate surface area is 195 Å². The van der Waals surface area contributed by atoms with Crippen LogP contribution in [-0.2, 0) is 9.47 Å². The van der Waals surface area contributed by atoms with Crippen molar-refractivity contribution in [2.75, 3.05) is 27.9 Å². The van der Waals surface area contributed by atoms with Gasteiger partial charge in [-0.25, -0.2) is 4.98 Å². The number of carbonyl (C=O) groups is 1. The number of fused-ring (bicyclic) bond motifs is 1. The third-order valence-corrected chi connectivity index (χ3v) is 5.64. The Balaban J connectivity index is 1.68. The van der Waals surface area contributed by atoms with Gasteiger partial charge in [0.1, 0.15) is 35.1 Å². The lowest BCUT2D eigenvalue weighted by Gasteiger charge is -2.16. The molecule has 0 spiro atoms. The number of halogens is 2. The minimum absolute atomic E-state index is 0.0359. The van der Waals surface area contributed by atoms with E-state index in [2.05, 4.69) is 4.98 Å². The normalized spacial score (nSPS) is 13.6. The van der Waals surface area contributed by atoms with Crippen molar-refractivity contribution < 1.29 is 37.3 Å². The molecule has 182 valence electrons. The fraction of sp³-hybridized carbons (Fsp3) is 0.417. The highest BCUT2D eigenvalue weighted by Gasteiger charge is 2.29. The van der Waals surface area contributed by atoms with Crippen LogP contribution in [0.3, 0.4) is 0 Å². The average Bonchev–Trinajstić information content (AvgIpc) is 3.53. The summed E-state index contributed by atoms with van der Waals surface area (Å²) in [6, 6.07) is 6.52. The molecule has 10 heteroatoms. The van der Waals surface area contributed by atoms with Crippen LogP contribution in [0.25, 0.3) is 16.9 Å². The fourth-order valence-electron chi connectivity index (χ4n) is 3.71. The van der Waals surface area contributed by atoms with Crippen LogP contribution in [0, 0.1) is 5.92 Å². The van der Waals surface area contributed by atoms with Crippen molar-refractivity contribution in [1.29, 1.82) is 0 Å². The van der Waals surface area contributed by atoms with Crippen molar-refractivity contribution in [2.24, 2.45) is 5.92 Å². The molecule has 0 amide bonds. The molecule has 0 bridgehead atoms. The first kappa shape index (κ1) is 23.9. The number of methoxy groups -OCH3 is 3. The van der Waals surface area contributed by atoms with E-state index in [0.717, 1.165) is 12.8 Å². The molecule has 1 aromatic carbocycles. The molecule has 1 fully saturated rings. The van der Waals surface area contributed by atoms with E-state index in [4.69, 9.17) is 23.7 Å². The van der Waals surface area contributed by atoms with Gasteiger partial charge in [0.15, 0.2) is 12.1 Å². The summed E-state index contributed by atoms with van der Waals surface area (Å²) in [6.07, 6.45) is 5.03. The zero-order chi connectivity index (χ0) is 24.2. The van der Waals surface area contributed by atoms with E-state index in [1.54, 1.807) is 35.0 Å². The van der Waals surface area contributed by atoms with E-state index in [-0.39, 0.29) is 41.8 Å². The van der Waals surface area contributed by atoms with Crippen molar-refractivity contribution in [3.63, 3.8) is 0 Å². The second-order valence-electron chi connectivity index (χ2n) is 7.95. The van der Waals surface area contributed by atoms with Crippen LogP contribution >= 0.6 is 0 Å². The average molecular weight is 476 g/mol. The Morgan fingerprint density at radius 3 is 2.53 bits per heavy atom. The number of ether oxygens (including phenoxy) is 5. The van der Waals surface area contributed by atoms with Gasteiger partial charge in [-0.1, -0.05) is 0 Å². The number of hydrogen-bond acceptors (Lipinski definition) is 7. The number of imidazole rings is 1. The van der Waals surface area contributed by atoms with Crippen LogP contribution in [0.1, 0.15) is 29.6 Å². The maximum absolute atomic E-state index is 13.2. The third-order valence-electron chi connectivity index (χ3n) is 5.64. The smallest absolute Gasteiger partial charge is 0.387 e. The molecule has 2 aromatic heterocycles. The number of nitrogens with zero attached hydrogens (tertiary/aromatic N) is 2. The first-order valence-electron chi connectivity index (χ1n) is 10.8. The molecule has 0 radical (unpaired) electrons. The van der Waals surface area contributed by atoms with E-state index in [9.17, 15) is 13.6 Å². The molecule has 4 rings (SSSR count). The summed E-state index contributed by atoms with van der Waals surface area (Å²) in [5.41, 5.74) is 1.72. The highest BCUT2D eigenvalue weighted by Crippen LogP contribution is 2.40. The molecular formula is C24H26F2N2O6. The Morgan fingerprint density at radius 2 is 1.88 bits per heavy atom. The standard InChI is InChI=1S/C24H26F2N2O6/c1-30-19-9-15(10-20(34-24(25)26)23(19)18(29)8-14-4-5-14)17-12-27-21-11-16(6-7-28(17)21)33-13-22(31-2)32-3/h6-7,9-12,14,22,24H,4-5,8,13H2,1-3H3. The minimum atomic E-state index is -3.09. The van der Waals surface area contributed by atoms with Gasteiger partial charge >= 0.3 is 6.61 Å². The van der Waals surface area contributed by atoms with E-state index < -0.39 is 12.9 Å². The summed E-state index contributed by atoms with van der Waals surface area (Å²) in [4.78, 5) is 17.2. The Hall–Kier alpha value is -3.24. The summed E-state index contributed by atoms with van der Waals surface area (Å²) >= 11 is 0. The lowest BCUT2D eigenvalue weighted by atomic mass is 10.00. The summed E-state index contributed by atoms with van der Waals surface area (Å²) in [7, 11) is 4.43. The zero-order valence-electron chi connectivity index (χ0n) is 19.1. The zero-order valence-corrected chi connectivity index (χ0v) is 19.1. The number of aromatic nitrogens is 2. The van der Waals surface area contributed by atoms with Crippen molar-refractivity contribution in [1.82, 2.24) is 9.38 Å². The predicted molar refractivity (Wildman–Crippen MR) is 119 cm³/mol. The third kappa shape index (κ3) is 5.28.